The zero-order valence-corrected chi connectivity index (χ0v) is 23.3. The topological polar surface area (TPSA) is 63.2 Å². The number of amides is 1. The van der Waals surface area contributed by atoms with Crippen LogP contribution in [-0.4, -0.2) is 20.4 Å². The molecule has 0 saturated heterocycles. The van der Waals surface area contributed by atoms with Gasteiger partial charge in [0.25, 0.3) is 0 Å². The molecule has 41 heavy (non-hydrogen) atoms. The smallest absolute Gasteiger partial charge is 0.235 e. The van der Waals surface area contributed by atoms with Crippen LogP contribution in [0.5, 0.6) is 0 Å². The highest BCUT2D eigenvalue weighted by molar-refractivity contribution is 7.00. The van der Waals surface area contributed by atoms with Crippen molar-refractivity contribution in [2.45, 2.75) is 19.8 Å². The van der Waals surface area contributed by atoms with Crippen molar-refractivity contribution in [3.8, 4) is 22.3 Å². The van der Waals surface area contributed by atoms with E-state index in [0.717, 1.165) is 55.8 Å². The number of benzene rings is 5. The quantitative estimate of drug-likeness (QED) is 0.191. The Hall–Kier alpha value is -4.94. The molecular weight excluding hydrogens is 526 g/mol. The number of hydrogen-bond acceptors (Lipinski definition) is 5. The zero-order chi connectivity index (χ0) is 28.2. The summed E-state index contributed by atoms with van der Waals surface area (Å²) in [5, 5.41) is 0. The van der Waals surface area contributed by atoms with Crippen molar-refractivity contribution < 1.29 is 9.59 Å². The average Bonchev–Trinajstić information content (AvgIpc) is 3.49. The Labute approximate surface area is 243 Å². The van der Waals surface area contributed by atoms with Gasteiger partial charge in [0.05, 0.1) is 18.1 Å². The molecule has 0 aliphatic carbocycles. The molecule has 0 saturated carbocycles. The fraction of sp³-hybridized carbons (Fsp3) is 0.0857. The summed E-state index contributed by atoms with van der Waals surface area (Å²) >= 11 is 1.20. The molecule has 0 spiro atoms. The summed E-state index contributed by atoms with van der Waals surface area (Å²) in [5.74, 6) is 0.146. The van der Waals surface area contributed by atoms with Gasteiger partial charge in [-0.3, -0.25) is 14.5 Å². The van der Waals surface area contributed by atoms with Crippen molar-refractivity contribution >= 4 is 45.8 Å². The fourth-order valence-electron chi connectivity index (χ4n) is 5.07. The average molecular weight is 554 g/mol. The minimum Gasteiger partial charge on any atom is -0.300 e. The third-order valence-electron chi connectivity index (χ3n) is 7.03. The molecule has 0 N–H and O–H groups in total. The Kier molecular flexibility index (Phi) is 7.48. The number of nitrogens with zero attached hydrogens (tertiary/aromatic N) is 3. The molecule has 0 fully saturated rings. The monoisotopic (exact) mass is 553 g/mol. The minimum absolute atomic E-state index is 0.0000778. The number of rotatable bonds is 8. The molecule has 0 bridgehead atoms. The van der Waals surface area contributed by atoms with Gasteiger partial charge in [0.15, 0.2) is 0 Å². The number of fused-ring (bicyclic) bond motifs is 1. The number of anilines is 2. The summed E-state index contributed by atoms with van der Waals surface area (Å²) in [5.41, 5.74) is 9.39. The van der Waals surface area contributed by atoms with E-state index in [0.29, 0.717) is 6.42 Å². The Morgan fingerprint density at radius 2 is 1.02 bits per heavy atom. The Morgan fingerprint density at radius 1 is 0.585 bits per heavy atom. The van der Waals surface area contributed by atoms with Gasteiger partial charge < -0.3 is 0 Å². The highest BCUT2D eigenvalue weighted by Gasteiger charge is 2.19. The zero-order valence-electron chi connectivity index (χ0n) is 22.5. The van der Waals surface area contributed by atoms with Crippen LogP contribution in [0.3, 0.4) is 0 Å². The SMILES string of the molecule is CC(=O)Cc1ccc(-c2ccc(-c3ccc(CC(=O)N(c4ccccc4)c4ccccc4)cc3)c3nsnc23)cc1. The summed E-state index contributed by atoms with van der Waals surface area (Å²) in [6.45, 7) is 1.60. The number of hydrogen-bond donors (Lipinski definition) is 0. The number of ketones is 1. The summed E-state index contributed by atoms with van der Waals surface area (Å²) in [4.78, 5) is 26.8. The third-order valence-corrected chi connectivity index (χ3v) is 7.56. The number of carbonyl (C=O) groups excluding carboxylic acids is 2. The lowest BCUT2D eigenvalue weighted by molar-refractivity contribution is -0.117. The normalized spacial score (nSPS) is 11.0. The van der Waals surface area contributed by atoms with E-state index in [1.807, 2.05) is 109 Å². The van der Waals surface area contributed by atoms with E-state index in [-0.39, 0.29) is 18.1 Å². The van der Waals surface area contributed by atoms with Crippen LogP contribution < -0.4 is 4.90 Å². The van der Waals surface area contributed by atoms with Crippen molar-refractivity contribution in [1.82, 2.24) is 8.75 Å². The Morgan fingerprint density at radius 3 is 1.46 bits per heavy atom. The van der Waals surface area contributed by atoms with Crippen molar-refractivity contribution in [3.63, 3.8) is 0 Å². The molecule has 6 heteroatoms. The number of aromatic nitrogens is 2. The van der Waals surface area contributed by atoms with Gasteiger partial charge in [0, 0.05) is 28.9 Å². The summed E-state index contributed by atoms with van der Waals surface area (Å²) < 4.78 is 9.24. The van der Waals surface area contributed by atoms with Crippen molar-refractivity contribution in [2.24, 2.45) is 0 Å². The molecule has 6 aromatic rings. The van der Waals surface area contributed by atoms with E-state index in [1.54, 1.807) is 11.8 Å². The summed E-state index contributed by atoms with van der Waals surface area (Å²) in [7, 11) is 0. The fourth-order valence-corrected chi connectivity index (χ4v) is 5.64. The maximum Gasteiger partial charge on any atom is 0.235 e. The molecule has 0 unspecified atom stereocenters. The molecular formula is C35H27N3O2S. The van der Waals surface area contributed by atoms with Gasteiger partial charge in [-0.15, -0.1) is 0 Å². The van der Waals surface area contributed by atoms with E-state index in [2.05, 4.69) is 20.9 Å². The molecule has 5 nitrogen and oxygen atoms in total. The molecule has 0 aliphatic heterocycles. The summed E-state index contributed by atoms with van der Waals surface area (Å²) in [6.07, 6.45) is 0.710. The van der Waals surface area contributed by atoms with Crippen molar-refractivity contribution in [3.05, 3.63) is 132 Å². The van der Waals surface area contributed by atoms with Gasteiger partial charge in [0.1, 0.15) is 16.8 Å². The van der Waals surface area contributed by atoms with E-state index < -0.39 is 0 Å². The number of carbonyl (C=O) groups is 2. The van der Waals surface area contributed by atoms with E-state index >= 15 is 0 Å². The maximum absolute atomic E-state index is 13.5. The molecule has 200 valence electrons. The van der Waals surface area contributed by atoms with Crippen molar-refractivity contribution in [1.29, 1.82) is 0 Å². The molecule has 1 heterocycles. The second-order valence-corrected chi connectivity index (χ2v) is 10.5. The van der Waals surface area contributed by atoms with Gasteiger partial charge in [-0.1, -0.05) is 97.1 Å². The van der Waals surface area contributed by atoms with Crippen LogP contribution in [0.4, 0.5) is 11.4 Å². The first-order chi connectivity index (χ1) is 20.1. The molecule has 1 amide bonds. The third kappa shape index (κ3) is 5.69. The molecule has 6 rings (SSSR count). The van der Waals surface area contributed by atoms with Crippen LogP contribution in [0, 0.1) is 0 Å². The lowest BCUT2D eigenvalue weighted by Gasteiger charge is -2.23. The van der Waals surface area contributed by atoms with E-state index in [9.17, 15) is 9.59 Å². The molecule has 0 radical (unpaired) electrons. The highest BCUT2D eigenvalue weighted by Crippen LogP contribution is 2.35. The Bertz CT molecular complexity index is 1770. The lowest BCUT2D eigenvalue weighted by atomic mass is 9.96. The largest absolute Gasteiger partial charge is 0.300 e. The van der Waals surface area contributed by atoms with Crippen LogP contribution >= 0.6 is 11.7 Å². The molecule has 1 aromatic heterocycles. The molecule has 5 aromatic carbocycles. The number of para-hydroxylation sites is 2. The second-order valence-electron chi connectivity index (χ2n) is 9.97. The van der Waals surface area contributed by atoms with Crippen molar-refractivity contribution in [2.75, 3.05) is 4.90 Å². The van der Waals surface area contributed by atoms with Crippen LogP contribution in [0.15, 0.2) is 121 Å². The lowest BCUT2D eigenvalue weighted by Crippen LogP contribution is -2.27. The standard InChI is InChI=1S/C35H27N3O2S/c1-24(39)22-25-12-16-27(17-13-25)31-20-21-32(35-34(31)36-41-37-35)28-18-14-26(15-19-28)23-33(40)38(29-8-4-2-5-9-29)30-10-6-3-7-11-30/h2-21H,22-23H2,1H3. The maximum atomic E-state index is 13.5. The highest BCUT2D eigenvalue weighted by atomic mass is 32.1. The first-order valence-corrected chi connectivity index (χ1v) is 14.2. The van der Waals surface area contributed by atoms with E-state index in [1.165, 1.54) is 11.7 Å². The molecule has 0 atom stereocenters. The van der Waals surface area contributed by atoms with Gasteiger partial charge >= 0.3 is 0 Å². The van der Waals surface area contributed by atoms with E-state index in [4.69, 9.17) is 0 Å². The first kappa shape index (κ1) is 26.3. The predicted molar refractivity (Wildman–Crippen MR) is 166 cm³/mol. The Balaban J connectivity index is 1.25. The van der Waals surface area contributed by atoms with Crippen LogP contribution in [0.25, 0.3) is 33.3 Å². The second kappa shape index (κ2) is 11.7. The van der Waals surface area contributed by atoms with Gasteiger partial charge in [-0.25, -0.2) is 0 Å². The van der Waals surface area contributed by atoms with Gasteiger partial charge in [-0.05, 0) is 53.4 Å². The summed E-state index contributed by atoms with van der Waals surface area (Å²) in [6, 6.07) is 39.8. The van der Waals surface area contributed by atoms with Crippen LogP contribution in [-0.2, 0) is 22.4 Å². The van der Waals surface area contributed by atoms with Gasteiger partial charge in [0.2, 0.25) is 5.91 Å². The first-order valence-electron chi connectivity index (χ1n) is 13.4. The van der Waals surface area contributed by atoms with Gasteiger partial charge in [-0.2, -0.15) is 8.75 Å². The van der Waals surface area contributed by atoms with Crippen LogP contribution in [0.2, 0.25) is 0 Å². The molecule has 0 aliphatic rings. The number of Topliss-reactive ketones (excluding diaryl/α,β-unsaturated/α-hetero) is 1. The minimum atomic E-state index is -0.0000778. The van der Waals surface area contributed by atoms with Crippen LogP contribution in [0.1, 0.15) is 18.1 Å². The predicted octanol–water partition coefficient (Wildman–Crippen LogP) is 8.06.